The summed E-state index contributed by atoms with van der Waals surface area (Å²) in [5, 5.41) is 13.6. The molecule has 6 bridgehead atoms. The molecule has 2 aromatic carbocycles. The first-order valence-electron chi connectivity index (χ1n) is 14.1. The van der Waals surface area contributed by atoms with E-state index in [4.69, 9.17) is 9.47 Å². The maximum absolute atomic E-state index is 14.7. The van der Waals surface area contributed by atoms with Crippen LogP contribution in [0.4, 0.5) is 10.2 Å². The Kier molecular flexibility index (Phi) is 7.18. The Hall–Kier alpha value is -5.59. The Morgan fingerprint density at radius 1 is 0.955 bits per heavy atom. The predicted molar refractivity (Wildman–Crippen MR) is 158 cm³/mol. The van der Waals surface area contributed by atoms with Crippen LogP contribution in [0.15, 0.2) is 73.4 Å². The molecule has 1 fully saturated rings. The molecule has 0 spiro atoms. The van der Waals surface area contributed by atoms with Crippen molar-refractivity contribution in [2.75, 3.05) is 24.6 Å². The quantitative estimate of drug-likeness (QED) is 0.266. The van der Waals surface area contributed by atoms with Gasteiger partial charge in [0.25, 0.3) is 11.8 Å². The fourth-order valence-corrected chi connectivity index (χ4v) is 5.51. The van der Waals surface area contributed by atoms with Crippen molar-refractivity contribution in [3.63, 3.8) is 0 Å². The van der Waals surface area contributed by atoms with Gasteiger partial charge in [0.2, 0.25) is 0 Å². The van der Waals surface area contributed by atoms with Crippen molar-refractivity contribution < 1.29 is 23.5 Å². The number of aromatic amines is 1. The van der Waals surface area contributed by atoms with Gasteiger partial charge in [-0.1, -0.05) is 12.1 Å². The molecule has 44 heavy (non-hydrogen) atoms. The Bertz CT molecular complexity index is 1860. The van der Waals surface area contributed by atoms with Gasteiger partial charge in [-0.05, 0) is 41.5 Å². The Labute approximate surface area is 250 Å². The number of hydrogen-bond acceptors (Lipinski definition) is 9. The first kappa shape index (κ1) is 27.3. The molecule has 3 N–H and O–H groups in total. The summed E-state index contributed by atoms with van der Waals surface area (Å²) in [7, 11) is 0. The minimum Gasteiger partial charge on any atom is -0.488 e. The molecule has 222 valence electrons. The number of nitrogens with zero attached hydrogens (tertiary/aromatic N) is 5. The molecule has 2 aliphatic rings. The SMILES string of the molecule is O=C1COc2cccc(c2)-c2cncc(c2)C(=O)N[C@@H]2CN(c3ncnc4[nH]ncc34)CC[C@@H]2Oc2cc(F)cc(c2)CN1. The zero-order valence-corrected chi connectivity index (χ0v) is 23.4. The molecule has 0 aliphatic carbocycles. The van der Waals surface area contributed by atoms with Crippen LogP contribution in [0.3, 0.4) is 0 Å². The van der Waals surface area contributed by atoms with Crippen molar-refractivity contribution in [2.24, 2.45) is 0 Å². The lowest BCUT2D eigenvalue weighted by Gasteiger charge is -2.39. The van der Waals surface area contributed by atoms with Gasteiger partial charge in [-0.2, -0.15) is 5.10 Å². The van der Waals surface area contributed by atoms with Crippen molar-refractivity contribution in [1.29, 1.82) is 0 Å². The summed E-state index contributed by atoms with van der Waals surface area (Å²) >= 11 is 0. The number of carbonyl (C=O) groups is 2. The molecule has 2 atom stereocenters. The van der Waals surface area contributed by atoms with Gasteiger partial charge in [0.05, 0.1) is 23.2 Å². The van der Waals surface area contributed by atoms with Crippen LogP contribution in [0.1, 0.15) is 22.3 Å². The van der Waals surface area contributed by atoms with Gasteiger partial charge in [0, 0.05) is 50.1 Å². The monoisotopic (exact) mass is 594 g/mol. The largest absolute Gasteiger partial charge is 0.488 e. The van der Waals surface area contributed by atoms with E-state index in [0.29, 0.717) is 59.2 Å². The van der Waals surface area contributed by atoms with Crippen LogP contribution >= 0.6 is 0 Å². The van der Waals surface area contributed by atoms with Gasteiger partial charge in [0.15, 0.2) is 12.3 Å². The lowest BCUT2D eigenvalue weighted by Crippen LogP contribution is -2.57. The Balaban J connectivity index is 1.25. The van der Waals surface area contributed by atoms with Gasteiger partial charge in [0.1, 0.15) is 35.6 Å². The number of ether oxygens (including phenoxy) is 2. The zero-order valence-electron chi connectivity index (χ0n) is 23.4. The highest BCUT2D eigenvalue weighted by molar-refractivity contribution is 5.95. The van der Waals surface area contributed by atoms with Crippen LogP contribution < -0.4 is 25.0 Å². The predicted octanol–water partition coefficient (Wildman–Crippen LogP) is 3.02. The van der Waals surface area contributed by atoms with Crippen LogP contribution in [0.2, 0.25) is 0 Å². The second-order valence-corrected chi connectivity index (χ2v) is 10.7. The molecule has 0 unspecified atom stereocenters. The number of rotatable bonds is 1. The molecule has 12 nitrogen and oxygen atoms in total. The highest BCUT2D eigenvalue weighted by Crippen LogP contribution is 2.28. The maximum Gasteiger partial charge on any atom is 0.258 e. The second kappa shape index (κ2) is 11.6. The zero-order chi connectivity index (χ0) is 30.0. The number of fused-ring (bicyclic) bond motifs is 9. The summed E-state index contributed by atoms with van der Waals surface area (Å²) in [6.07, 6.45) is 6.30. The van der Waals surface area contributed by atoms with E-state index in [1.165, 1.54) is 24.7 Å². The molecule has 7 rings (SSSR count). The molecule has 13 heteroatoms. The van der Waals surface area contributed by atoms with Gasteiger partial charge >= 0.3 is 0 Å². The van der Waals surface area contributed by atoms with Gasteiger partial charge in [-0.3, -0.25) is 19.7 Å². The molecular formula is C31H27FN8O4. The molecule has 3 aromatic heterocycles. The van der Waals surface area contributed by atoms with Crippen LogP contribution in [0, 0.1) is 5.82 Å². The summed E-state index contributed by atoms with van der Waals surface area (Å²) in [5.41, 5.74) is 2.96. The van der Waals surface area contributed by atoms with Crippen molar-refractivity contribution >= 4 is 28.7 Å². The molecule has 2 aliphatic heterocycles. The van der Waals surface area contributed by atoms with Crippen LogP contribution in [0.25, 0.3) is 22.2 Å². The second-order valence-electron chi connectivity index (χ2n) is 10.7. The summed E-state index contributed by atoms with van der Waals surface area (Å²) in [5.74, 6) is 0.253. The molecule has 0 saturated carbocycles. The number of halogens is 1. The molecule has 5 heterocycles. The van der Waals surface area contributed by atoms with Gasteiger partial charge in [-0.15, -0.1) is 0 Å². The smallest absolute Gasteiger partial charge is 0.258 e. The average Bonchev–Trinajstić information content (AvgIpc) is 3.53. The number of hydrogen-bond donors (Lipinski definition) is 3. The van der Waals surface area contributed by atoms with E-state index < -0.39 is 18.0 Å². The number of H-pyrrole nitrogens is 1. The molecule has 2 amide bonds. The Morgan fingerprint density at radius 2 is 1.86 bits per heavy atom. The summed E-state index contributed by atoms with van der Waals surface area (Å²) < 4.78 is 26.7. The van der Waals surface area contributed by atoms with E-state index in [1.54, 1.807) is 42.7 Å². The standard InChI is InChI=1S/C31H27FN8O4/c32-22-6-18-7-24(10-22)44-27-4-5-40(30-25-14-37-39-29(25)35-17-36-30)15-26(27)38-31(42)21-8-20(12-33-13-21)19-2-1-3-23(9-19)43-16-28(41)34-11-18/h1-3,6-10,12-14,17,26-27H,4-5,11,15-16H2,(H,34,41)(H,38,42)(H,35,36,37,39)/t26-,27+/m1/s1. The molecule has 1 saturated heterocycles. The molecule has 5 aromatic rings. The third-order valence-corrected chi connectivity index (χ3v) is 7.64. The van der Waals surface area contributed by atoms with Crippen LogP contribution in [-0.4, -0.2) is 68.8 Å². The molecule has 0 radical (unpaired) electrons. The summed E-state index contributed by atoms with van der Waals surface area (Å²) in [6, 6.07) is 12.7. The topological polar surface area (TPSA) is 147 Å². The number of benzene rings is 2. The Morgan fingerprint density at radius 3 is 2.80 bits per heavy atom. The minimum atomic E-state index is -0.512. The number of carbonyl (C=O) groups excluding carboxylic acids is 2. The lowest BCUT2D eigenvalue weighted by molar-refractivity contribution is -0.123. The third-order valence-electron chi connectivity index (χ3n) is 7.64. The van der Waals surface area contributed by atoms with E-state index in [1.807, 2.05) is 11.0 Å². The van der Waals surface area contributed by atoms with E-state index in [9.17, 15) is 14.0 Å². The van der Waals surface area contributed by atoms with Gasteiger partial charge in [-0.25, -0.2) is 14.4 Å². The number of amides is 2. The van der Waals surface area contributed by atoms with Crippen molar-refractivity contribution in [1.82, 2.24) is 35.8 Å². The highest BCUT2D eigenvalue weighted by Gasteiger charge is 2.34. The summed E-state index contributed by atoms with van der Waals surface area (Å²) in [6.45, 7) is 0.778. The number of nitrogens with one attached hydrogen (secondary N) is 3. The normalized spacial score (nSPS) is 18.9. The van der Waals surface area contributed by atoms with E-state index in [-0.39, 0.29) is 25.0 Å². The average molecular weight is 595 g/mol. The maximum atomic E-state index is 14.7. The minimum absolute atomic E-state index is 0.0842. The van der Waals surface area contributed by atoms with E-state index in [0.717, 1.165) is 10.9 Å². The number of pyridine rings is 1. The van der Waals surface area contributed by atoms with Crippen LogP contribution in [-0.2, 0) is 11.3 Å². The summed E-state index contributed by atoms with van der Waals surface area (Å²) in [4.78, 5) is 41.3. The number of anilines is 1. The van der Waals surface area contributed by atoms with E-state index >= 15 is 0 Å². The van der Waals surface area contributed by atoms with E-state index in [2.05, 4.69) is 35.8 Å². The first-order chi connectivity index (χ1) is 21.5. The van der Waals surface area contributed by atoms with Crippen molar-refractivity contribution in [2.45, 2.75) is 25.1 Å². The highest BCUT2D eigenvalue weighted by atomic mass is 19.1. The fourth-order valence-electron chi connectivity index (χ4n) is 5.51. The third kappa shape index (κ3) is 5.71. The fraction of sp³-hybridized carbons (Fsp3) is 0.226. The number of aromatic nitrogens is 5. The van der Waals surface area contributed by atoms with Crippen molar-refractivity contribution in [3.8, 4) is 22.6 Å². The number of piperidine rings is 1. The first-order valence-corrected chi connectivity index (χ1v) is 14.1. The molecular weight excluding hydrogens is 567 g/mol. The lowest BCUT2D eigenvalue weighted by atomic mass is 10.00. The van der Waals surface area contributed by atoms with Gasteiger partial charge < -0.3 is 25.0 Å². The van der Waals surface area contributed by atoms with Crippen LogP contribution in [0.5, 0.6) is 11.5 Å². The van der Waals surface area contributed by atoms with Crippen molar-refractivity contribution in [3.05, 3.63) is 90.4 Å².